The van der Waals surface area contributed by atoms with E-state index in [2.05, 4.69) is 36.1 Å². The van der Waals surface area contributed by atoms with Crippen LogP contribution >= 0.6 is 11.3 Å². The second kappa shape index (κ2) is 7.58. The third-order valence-electron chi connectivity index (χ3n) is 2.58. The molecule has 16 heavy (non-hydrogen) atoms. The number of thiazole rings is 1. The van der Waals surface area contributed by atoms with Gasteiger partial charge in [-0.1, -0.05) is 13.0 Å². The van der Waals surface area contributed by atoms with Crippen molar-refractivity contribution in [2.75, 3.05) is 0 Å². The van der Waals surface area contributed by atoms with Crippen LogP contribution < -0.4 is 5.32 Å². The summed E-state index contributed by atoms with van der Waals surface area (Å²) in [6, 6.07) is 0.562. The zero-order valence-electron chi connectivity index (χ0n) is 10.3. The van der Waals surface area contributed by atoms with E-state index < -0.39 is 0 Å². The lowest BCUT2D eigenvalue weighted by Crippen LogP contribution is -2.25. The fraction of sp³-hybridized carbons (Fsp3) is 0.615. The van der Waals surface area contributed by atoms with Crippen molar-refractivity contribution in [3.63, 3.8) is 0 Å². The van der Waals surface area contributed by atoms with Crippen LogP contribution in [0, 0.1) is 0 Å². The Kier molecular flexibility index (Phi) is 6.34. The fourth-order valence-electron chi connectivity index (χ4n) is 1.54. The molecule has 1 rings (SSSR count). The molecule has 0 saturated heterocycles. The van der Waals surface area contributed by atoms with Crippen molar-refractivity contribution in [3.05, 3.63) is 28.7 Å². The number of rotatable bonds is 8. The minimum Gasteiger partial charge on any atom is -0.309 e. The van der Waals surface area contributed by atoms with Crippen LogP contribution in [-0.4, -0.2) is 11.0 Å². The number of allylic oxidation sites excluding steroid dienone is 1. The van der Waals surface area contributed by atoms with E-state index in [1.807, 2.05) is 6.08 Å². The van der Waals surface area contributed by atoms with Crippen molar-refractivity contribution in [1.29, 1.82) is 0 Å². The van der Waals surface area contributed by atoms with Crippen molar-refractivity contribution in [2.45, 2.75) is 52.1 Å². The summed E-state index contributed by atoms with van der Waals surface area (Å²) in [5.41, 5.74) is 1.18. The summed E-state index contributed by atoms with van der Waals surface area (Å²) in [6.07, 6.45) is 6.56. The predicted molar refractivity (Wildman–Crippen MR) is 71.8 cm³/mol. The van der Waals surface area contributed by atoms with Gasteiger partial charge in [0.05, 0.1) is 10.7 Å². The smallest absolute Gasteiger partial charge is 0.0926 e. The zero-order chi connectivity index (χ0) is 11.8. The molecule has 1 heterocycles. The molecule has 1 unspecified atom stereocenters. The molecule has 3 heteroatoms. The number of unbranched alkanes of at least 4 members (excludes halogenated alkanes) is 1. The lowest BCUT2D eigenvalue weighted by atomic mass is 10.1. The standard InChI is InChI=1S/C13H22N2S/c1-4-6-7-8-11(3)14-9-12-10-16-13(5-2)15-12/h4,10-11,14H,1,5-9H2,2-3H3. The van der Waals surface area contributed by atoms with Gasteiger partial charge in [0, 0.05) is 18.0 Å². The van der Waals surface area contributed by atoms with Gasteiger partial charge < -0.3 is 5.32 Å². The van der Waals surface area contributed by atoms with Gasteiger partial charge in [0.25, 0.3) is 0 Å². The van der Waals surface area contributed by atoms with E-state index in [4.69, 9.17) is 0 Å². The Morgan fingerprint density at radius 2 is 2.44 bits per heavy atom. The van der Waals surface area contributed by atoms with Crippen molar-refractivity contribution in [2.24, 2.45) is 0 Å². The van der Waals surface area contributed by atoms with Crippen molar-refractivity contribution >= 4 is 11.3 Å². The van der Waals surface area contributed by atoms with Crippen molar-refractivity contribution in [3.8, 4) is 0 Å². The van der Waals surface area contributed by atoms with E-state index in [0.29, 0.717) is 6.04 Å². The Labute approximate surface area is 103 Å². The van der Waals surface area contributed by atoms with E-state index >= 15 is 0 Å². The van der Waals surface area contributed by atoms with Crippen LogP contribution in [0.3, 0.4) is 0 Å². The average Bonchev–Trinajstić information content (AvgIpc) is 2.74. The topological polar surface area (TPSA) is 24.9 Å². The molecule has 1 atom stereocenters. The van der Waals surface area contributed by atoms with Crippen LogP contribution in [-0.2, 0) is 13.0 Å². The van der Waals surface area contributed by atoms with Gasteiger partial charge >= 0.3 is 0 Å². The van der Waals surface area contributed by atoms with Gasteiger partial charge in [0.1, 0.15) is 0 Å². The van der Waals surface area contributed by atoms with Gasteiger partial charge in [-0.2, -0.15) is 0 Å². The minimum absolute atomic E-state index is 0.562. The first-order valence-corrected chi connectivity index (χ1v) is 6.91. The van der Waals surface area contributed by atoms with Crippen molar-refractivity contribution in [1.82, 2.24) is 10.3 Å². The quantitative estimate of drug-likeness (QED) is 0.553. The molecule has 0 amide bonds. The number of aromatic nitrogens is 1. The Morgan fingerprint density at radius 3 is 3.06 bits per heavy atom. The molecule has 0 bridgehead atoms. The summed E-state index contributed by atoms with van der Waals surface area (Å²) in [5.74, 6) is 0. The normalized spacial score (nSPS) is 12.6. The molecule has 0 fully saturated rings. The maximum absolute atomic E-state index is 4.54. The molecular formula is C13H22N2S. The first-order chi connectivity index (χ1) is 7.76. The first-order valence-electron chi connectivity index (χ1n) is 6.03. The van der Waals surface area contributed by atoms with Gasteiger partial charge in [-0.3, -0.25) is 0 Å². The molecule has 1 aromatic rings. The summed E-state index contributed by atoms with van der Waals surface area (Å²) in [6.45, 7) is 9.01. The van der Waals surface area contributed by atoms with Gasteiger partial charge in [0.2, 0.25) is 0 Å². The van der Waals surface area contributed by atoms with Crippen LogP contribution in [0.2, 0.25) is 0 Å². The fourth-order valence-corrected chi connectivity index (χ4v) is 2.29. The van der Waals surface area contributed by atoms with Crippen LogP contribution in [0.25, 0.3) is 0 Å². The maximum Gasteiger partial charge on any atom is 0.0926 e. The van der Waals surface area contributed by atoms with E-state index in [-0.39, 0.29) is 0 Å². The molecular weight excluding hydrogens is 216 g/mol. The molecule has 1 aromatic heterocycles. The molecule has 0 spiro atoms. The highest BCUT2D eigenvalue weighted by atomic mass is 32.1. The van der Waals surface area contributed by atoms with Crippen LogP contribution in [0.5, 0.6) is 0 Å². The highest BCUT2D eigenvalue weighted by molar-refractivity contribution is 7.09. The Morgan fingerprint density at radius 1 is 1.62 bits per heavy atom. The molecule has 0 saturated carbocycles. The Bertz CT molecular complexity index is 307. The molecule has 0 aliphatic carbocycles. The molecule has 0 aliphatic rings. The minimum atomic E-state index is 0.562. The molecule has 2 nitrogen and oxygen atoms in total. The lowest BCUT2D eigenvalue weighted by molar-refractivity contribution is 0.497. The number of nitrogens with one attached hydrogen (secondary N) is 1. The van der Waals surface area contributed by atoms with Crippen molar-refractivity contribution < 1.29 is 0 Å². The summed E-state index contributed by atoms with van der Waals surface area (Å²) < 4.78 is 0. The van der Waals surface area contributed by atoms with E-state index in [1.165, 1.54) is 23.5 Å². The molecule has 1 N–H and O–H groups in total. The zero-order valence-corrected chi connectivity index (χ0v) is 11.1. The van der Waals surface area contributed by atoms with E-state index in [1.54, 1.807) is 11.3 Å². The molecule has 0 aliphatic heterocycles. The predicted octanol–water partition coefficient (Wildman–Crippen LogP) is 3.54. The summed E-state index contributed by atoms with van der Waals surface area (Å²) in [4.78, 5) is 4.54. The summed E-state index contributed by atoms with van der Waals surface area (Å²) >= 11 is 1.76. The van der Waals surface area contributed by atoms with Gasteiger partial charge in [0.15, 0.2) is 0 Å². The molecule has 90 valence electrons. The Hall–Kier alpha value is -0.670. The van der Waals surface area contributed by atoms with Gasteiger partial charge in [-0.05, 0) is 32.6 Å². The number of nitrogens with zero attached hydrogens (tertiary/aromatic N) is 1. The number of hydrogen-bond acceptors (Lipinski definition) is 3. The third kappa shape index (κ3) is 4.90. The third-order valence-corrected chi connectivity index (χ3v) is 3.62. The second-order valence-corrected chi connectivity index (χ2v) is 5.03. The first kappa shape index (κ1) is 13.4. The SMILES string of the molecule is C=CCCCC(C)NCc1csc(CC)n1. The monoisotopic (exact) mass is 238 g/mol. The lowest BCUT2D eigenvalue weighted by Gasteiger charge is -2.11. The average molecular weight is 238 g/mol. The van der Waals surface area contributed by atoms with Gasteiger partial charge in [-0.15, -0.1) is 17.9 Å². The van der Waals surface area contributed by atoms with Gasteiger partial charge in [-0.25, -0.2) is 4.98 Å². The number of aryl methyl sites for hydroxylation is 1. The van der Waals surface area contributed by atoms with Crippen LogP contribution in [0.4, 0.5) is 0 Å². The highest BCUT2D eigenvalue weighted by Crippen LogP contribution is 2.10. The number of hydrogen-bond donors (Lipinski definition) is 1. The largest absolute Gasteiger partial charge is 0.309 e. The van der Waals surface area contributed by atoms with Crippen LogP contribution in [0.15, 0.2) is 18.0 Å². The summed E-state index contributed by atoms with van der Waals surface area (Å²) in [5, 5.41) is 6.89. The molecule has 0 radical (unpaired) electrons. The van der Waals surface area contributed by atoms with E-state index in [9.17, 15) is 0 Å². The highest BCUT2D eigenvalue weighted by Gasteiger charge is 2.03. The van der Waals surface area contributed by atoms with E-state index in [0.717, 1.165) is 19.4 Å². The molecule has 0 aromatic carbocycles. The Balaban J connectivity index is 2.20. The summed E-state index contributed by atoms with van der Waals surface area (Å²) in [7, 11) is 0. The maximum atomic E-state index is 4.54. The van der Waals surface area contributed by atoms with Crippen LogP contribution in [0.1, 0.15) is 43.8 Å². The second-order valence-electron chi connectivity index (χ2n) is 4.09.